The number of nitrogens with one attached hydrogen (secondary N) is 1. The summed E-state index contributed by atoms with van der Waals surface area (Å²) in [6, 6.07) is 7.16. The van der Waals surface area contributed by atoms with Crippen LogP contribution in [0.25, 0.3) is 11.3 Å². The first-order chi connectivity index (χ1) is 8.73. The number of hydrogen-bond donors (Lipinski definition) is 1. The molecule has 2 aromatic rings. The number of halogens is 4. The van der Waals surface area contributed by atoms with E-state index in [4.69, 9.17) is 0 Å². The molecule has 0 aliphatic rings. The lowest BCUT2D eigenvalue weighted by Crippen LogP contribution is -2.23. The van der Waals surface area contributed by atoms with E-state index in [1.54, 1.807) is 12.1 Å². The maximum Gasteiger partial charge on any atom is 0.501 e. The summed E-state index contributed by atoms with van der Waals surface area (Å²) in [5, 5.41) is 0. The summed E-state index contributed by atoms with van der Waals surface area (Å²) in [5.41, 5.74) is -5.04. The van der Waals surface area contributed by atoms with Crippen molar-refractivity contribution in [3.63, 3.8) is 0 Å². The fourth-order valence-electron chi connectivity index (χ4n) is 1.55. The molecule has 1 aromatic heterocycles. The Kier molecular flexibility index (Phi) is 3.48. The molecule has 2 rings (SSSR count). The van der Waals surface area contributed by atoms with E-state index in [-0.39, 0.29) is 5.69 Å². The van der Waals surface area contributed by atoms with Gasteiger partial charge < -0.3 is 4.98 Å². The first-order valence-electron chi connectivity index (χ1n) is 4.98. The molecule has 0 atom stereocenters. The van der Waals surface area contributed by atoms with Gasteiger partial charge in [0.15, 0.2) is 0 Å². The average Bonchev–Trinajstić information content (AvgIpc) is 2.78. The minimum absolute atomic E-state index is 0.0789. The predicted octanol–water partition coefficient (Wildman–Crippen LogP) is 3.74. The largest absolute Gasteiger partial charge is 0.501 e. The minimum Gasteiger partial charge on any atom is -0.360 e. The highest BCUT2D eigenvalue weighted by atomic mass is 79.9. The van der Waals surface area contributed by atoms with Crippen LogP contribution in [0.5, 0.6) is 0 Å². The van der Waals surface area contributed by atoms with Gasteiger partial charge in [0.05, 0.1) is 5.69 Å². The van der Waals surface area contributed by atoms with Crippen LogP contribution in [0.15, 0.2) is 45.9 Å². The molecule has 3 nitrogen and oxygen atoms in total. The fourth-order valence-corrected chi connectivity index (χ4v) is 2.75. The molecule has 0 aliphatic carbocycles. The Balaban J connectivity index is 2.59. The molecular formula is C11H7BrF3NO2S. The number of aromatic nitrogens is 1. The molecule has 0 aliphatic heterocycles. The number of hydrogen-bond acceptors (Lipinski definition) is 2. The molecule has 1 N–H and O–H groups in total. The lowest BCUT2D eigenvalue weighted by molar-refractivity contribution is -0.0435. The van der Waals surface area contributed by atoms with Gasteiger partial charge in [-0.3, -0.25) is 0 Å². The summed E-state index contributed by atoms with van der Waals surface area (Å²) in [6.07, 6.45) is 1.16. The van der Waals surface area contributed by atoms with Crippen LogP contribution in [-0.2, 0) is 9.84 Å². The van der Waals surface area contributed by atoms with E-state index in [1.165, 1.54) is 12.1 Å². The number of alkyl halides is 3. The molecular weight excluding hydrogens is 347 g/mol. The first kappa shape index (κ1) is 14.1. The highest BCUT2D eigenvalue weighted by molar-refractivity contribution is 9.10. The van der Waals surface area contributed by atoms with Crippen molar-refractivity contribution < 1.29 is 21.6 Å². The Bertz CT molecular complexity index is 689. The molecule has 19 heavy (non-hydrogen) atoms. The van der Waals surface area contributed by atoms with E-state index in [0.717, 1.165) is 16.7 Å². The van der Waals surface area contributed by atoms with Crippen LogP contribution in [0.2, 0.25) is 0 Å². The van der Waals surface area contributed by atoms with Gasteiger partial charge in [-0.05, 0) is 23.8 Å². The zero-order chi connectivity index (χ0) is 14.3. The summed E-state index contributed by atoms with van der Waals surface area (Å²) >= 11 is 3.19. The molecule has 1 heterocycles. The molecule has 0 unspecified atom stereocenters. The van der Waals surface area contributed by atoms with Gasteiger partial charge in [0.1, 0.15) is 4.90 Å². The Morgan fingerprint density at radius 2 is 1.63 bits per heavy atom. The van der Waals surface area contributed by atoms with Crippen molar-refractivity contribution >= 4 is 25.8 Å². The van der Waals surface area contributed by atoms with E-state index < -0.39 is 20.2 Å². The van der Waals surface area contributed by atoms with Crippen molar-refractivity contribution in [2.45, 2.75) is 10.4 Å². The second kappa shape index (κ2) is 4.68. The van der Waals surface area contributed by atoms with Gasteiger partial charge >= 0.3 is 5.51 Å². The summed E-state index contributed by atoms with van der Waals surface area (Å²) in [4.78, 5) is 1.75. The monoisotopic (exact) mass is 353 g/mol. The third-order valence-corrected chi connectivity index (χ3v) is 4.49. The van der Waals surface area contributed by atoms with Gasteiger partial charge in [0.2, 0.25) is 0 Å². The van der Waals surface area contributed by atoms with Crippen LogP contribution in [-0.4, -0.2) is 18.9 Å². The topological polar surface area (TPSA) is 49.9 Å². The first-order valence-corrected chi connectivity index (χ1v) is 7.26. The van der Waals surface area contributed by atoms with E-state index in [9.17, 15) is 21.6 Å². The molecule has 102 valence electrons. The Morgan fingerprint density at radius 1 is 1.05 bits per heavy atom. The van der Waals surface area contributed by atoms with Crippen molar-refractivity contribution in [1.29, 1.82) is 0 Å². The van der Waals surface area contributed by atoms with Gasteiger partial charge in [-0.15, -0.1) is 0 Å². The molecule has 0 amide bonds. The molecule has 0 bridgehead atoms. The summed E-state index contributed by atoms with van der Waals surface area (Å²) in [7, 11) is -5.36. The number of sulfone groups is 1. The van der Waals surface area contributed by atoms with Crippen LogP contribution in [0.1, 0.15) is 0 Å². The third-order valence-electron chi connectivity index (χ3n) is 2.44. The lowest BCUT2D eigenvalue weighted by Gasteiger charge is -2.09. The van der Waals surface area contributed by atoms with Crippen LogP contribution in [0.4, 0.5) is 13.2 Å². The van der Waals surface area contributed by atoms with Crippen LogP contribution in [0, 0.1) is 0 Å². The second-order valence-electron chi connectivity index (χ2n) is 3.67. The van der Waals surface area contributed by atoms with Gasteiger partial charge in [0.25, 0.3) is 9.84 Å². The molecule has 0 saturated heterocycles. The third kappa shape index (κ3) is 2.55. The zero-order valence-electron chi connectivity index (χ0n) is 9.20. The quantitative estimate of drug-likeness (QED) is 0.893. The smallest absolute Gasteiger partial charge is 0.360 e. The van der Waals surface area contributed by atoms with Crippen molar-refractivity contribution in [3.8, 4) is 11.3 Å². The van der Waals surface area contributed by atoms with Crippen molar-refractivity contribution in [2.24, 2.45) is 0 Å². The zero-order valence-corrected chi connectivity index (χ0v) is 11.6. The number of aromatic amines is 1. The van der Waals surface area contributed by atoms with Gasteiger partial charge in [-0.2, -0.15) is 13.2 Å². The van der Waals surface area contributed by atoms with Crippen molar-refractivity contribution in [2.75, 3.05) is 0 Å². The lowest BCUT2D eigenvalue weighted by atomic mass is 10.2. The average molecular weight is 354 g/mol. The molecule has 0 fully saturated rings. The molecule has 0 radical (unpaired) electrons. The maximum atomic E-state index is 12.5. The van der Waals surface area contributed by atoms with Crippen molar-refractivity contribution in [3.05, 3.63) is 41.0 Å². The van der Waals surface area contributed by atoms with Gasteiger partial charge in [-0.1, -0.05) is 28.1 Å². The SMILES string of the molecule is O=S(=O)(c1cc[nH]c1-c1ccc(Br)cc1)C(F)(F)F. The summed E-state index contributed by atoms with van der Waals surface area (Å²) in [5.74, 6) is 0. The molecule has 0 spiro atoms. The van der Waals surface area contributed by atoms with Crippen LogP contribution >= 0.6 is 15.9 Å². The molecule has 1 aromatic carbocycles. The normalized spacial score (nSPS) is 12.6. The van der Waals surface area contributed by atoms with Crippen LogP contribution in [0.3, 0.4) is 0 Å². The number of H-pyrrole nitrogens is 1. The Morgan fingerprint density at radius 3 is 2.16 bits per heavy atom. The summed E-state index contributed by atoms with van der Waals surface area (Å²) in [6.45, 7) is 0. The minimum atomic E-state index is -5.36. The highest BCUT2D eigenvalue weighted by Gasteiger charge is 2.48. The predicted molar refractivity (Wildman–Crippen MR) is 67.2 cm³/mol. The summed E-state index contributed by atoms with van der Waals surface area (Å²) < 4.78 is 61.2. The maximum absolute atomic E-state index is 12.5. The standard InChI is InChI=1S/C11H7BrF3NO2S/c12-8-3-1-7(2-4-8)10-9(5-6-16-10)19(17,18)11(13,14)15/h1-6,16H. The number of rotatable bonds is 2. The number of benzene rings is 1. The van der Waals surface area contributed by atoms with Crippen molar-refractivity contribution in [1.82, 2.24) is 4.98 Å². The molecule has 0 saturated carbocycles. The van der Waals surface area contributed by atoms with Gasteiger partial charge in [-0.25, -0.2) is 8.42 Å². The molecule has 8 heteroatoms. The fraction of sp³-hybridized carbons (Fsp3) is 0.0909. The van der Waals surface area contributed by atoms with E-state index in [2.05, 4.69) is 20.9 Å². The van der Waals surface area contributed by atoms with Gasteiger partial charge in [0, 0.05) is 10.7 Å². The highest BCUT2D eigenvalue weighted by Crippen LogP contribution is 2.35. The Labute approximate surface area is 115 Å². The van der Waals surface area contributed by atoms with E-state index in [0.29, 0.717) is 5.56 Å². The van der Waals surface area contributed by atoms with E-state index in [1.807, 2.05) is 0 Å². The van der Waals surface area contributed by atoms with Crippen LogP contribution < -0.4 is 0 Å². The van der Waals surface area contributed by atoms with E-state index >= 15 is 0 Å². The second-order valence-corrected chi connectivity index (χ2v) is 6.50. The Hall–Kier alpha value is -1.28.